The van der Waals surface area contributed by atoms with Gasteiger partial charge in [-0.1, -0.05) is 18.2 Å². The number of nitrogens with zero attached hydrogens (tertiary/aromatic N) is 3. The minimum Gasteiger partial charge on any atom is -0.343 e. The van der Waals surface area contributed by atoms with E-state index in [1.165, 1.54) is 35.0 Å². The van der Waals surface area contributed by atoms with Crippen LogP contribution in [0.15, 0.2) is 42.7 Å². The van der Waals surface area contributed by atoms with Gasteiger partial charge in [-0.05, 0) is 42.3 Å². The first-order valence-corrected chi connectivity index (χ1v) is 8.51. The molecule has 2 aromatic heterocycles. The molecule has 5 rings (SSSR count). The number of benzene rings is 1. The zero-order valence-corrected chi connectivity index (χ0v) is 13.5. The Morgan fingerprint density at radius 2 is 2.00 bits per heavy atom. The van der Waals surface area contributed by atoms with Crippen LogP contribution in [0.3, 0.4) is 0 Å². The molecule has 3 aromatic rings. The van der Waals surface area contributed by atoms with E-state index >= 15 is 0 Å². The van der Waals surface area contributed by atoms with Crippen LogP contribution >= 0.6 is 0 Å². The van der Waals surface area contributed by atoms with E-state index in [1.54, 1.807) is 11.3 Å². The van der Waals surface area contributed by atoms with Gasteiger partial charge in [0.2, 0.25) is 0 Å². The normalized spacial score (nSPS) is 20.7. The SMILES string of the molecule is CN1CCc2c(c3cccc4c3n2CC(c2ccncc2)C4)C1. The van der Waals surface area contributed by atoms with Gasteiger partial charge in [0.25, 0.3) is 0 Å². The van der Waals surface area contributed by atoms with Gasteiger partial charge in [0.15, 0.2) is 0 Å². The number of aromatic nitrogens is 2. The molecule has 2 aliphatic heterocycles. The fourth-order valence-electron chi connectivity index (χ4n) is 4.49. The van der Waals surface area contributed by atoms with Crippen molar-refractivity contribution in [2.45, 2.75) is 31.8 Å². The summed E-state index contributed by atoms with van der Waals surface area (Å²) < 4.78 is 2.63. The first-order valence-electron chi connectivity index (χ1n) is 8.51. The lowest BCUT2D eigenvalue weighted by atomic mass is 9.89. The molecule has 0 spiro atoms. The number of hydrogen-bond acceptors (Lipinski definition) is 2. The molecule has 4 heterocycles. The van der Waals surface area contributed by atoms with Gasteiger partial charge in [-0.2, -0.15) is 0 Å². The van der Waals surface area contributed by atoms with Gasteiger partial charge >= 0.3 is 0 Å². The van der Waals surface area contributed by atoms with Gasteiger partial charge in [0.1, 0.15) is 0 Å². The highest BCUT2D eigenvalue weighted by Gasteiger charge is 2.29. The Labute approximate surface area is 136 Å². The molecule has 116 valence electrons. The van der Waals surface area contributed by atoms with Crippen molar-refractivity contribution in [2.24, 2.45) is 0 Å². The van der Waals surface area contributed by atoms with E-state index in [-0.39, 0.29) is 0 Å². The van der Waals surface area contributed by atoms with Crippen LogP contribution in [0.5, 0.6) is 0 Å². The Bertz CT molecular complexity index is 879. The van der Waals surface area contributed by atoms with E-state index in [1.807, 2.05) is 12.4 Å². The minimum atomic E-state index is 0.562. The fraction of sp³-hybridized carbons (Fsp3) is 0.350. The summed E-state index contributed by atoms with van der Waals surface area (Å²) >= 11 is 0. The van der Waals surface area contributed by atoms with Gasteiger partial charge < -0.3 is 9.47 Å². The maximum absolute atomic E-state index is 4.18. The summed E-state index contributed by atoms with van der Waals surface area (Å²) in [4.78, 5) is 6.62. The number of para-hydroxylation sites is 1. The number of pyridine rings is 1. The summed E-state index contributed by atoms with van der Waals surface area (Å²) in [5.41, 5.74) is 7.55. The Morgan fingerprint density at radius 3 is 2.87 bits per heavy atom. The van der Waals surface area contributed by atoms with E-state index < -0.39 is 0 Å². The topological polar surface area (TPSA) is 21.1 Å². The van der Waals surface area contributed by atoms with Crippen LogP contribution in [0.1, 0.15) is 28.3 Å². The smallest absolute Gasteiger partial charge is 0.0518 e. The third-order valence-electron chi connectivity index (χ3n) is 5.59. The minimum absolute atomic E-state index is 0.562. The second-order valence-electron chi connectivity index (χ2n) is 7.02. The van der Waals surface area contributed by atoms with E-state index in [4.69, 9.17) is 0 Å². The number of hydrogen-bond donors (Lipinski definition) is 0. The molecule has 23 heavy (non-hydrogen) atoms. The molecule has 3 heteroatoms. The highest BCUT2D eigenvalue weighted by atomic mass is 15.1. The first-order chi connectivity index (χ1) is 11.3. The molecule has 0 amide bonds. The van der Waals surface area contributed by atoms with Crippen molar-refractivity contribution in [2.75, 3.05) is 13.6 Å². The molecule has 0 bridgehead atoms. The monoisotopic (exact) mass is 303 g/mol. The summed E-state index contributed by atoms with van der Waals surface area (Å²) in [5, 5.41) is 1.48. The molecule has 2 aliphatic rings. The highest BCUT2D eigenvalue weighted by Crippen LogP contribution is 2.39. The maximum atomic E-state index is 4.18. The average Bonchev–Trinajstić information content (AvgIpc) is 2.91. The quantitative estimate of drug-likeness (QED) is 0.687. The molecule has 3 nitrogen and oxygen atoms in total. The zero-order chi connectivity index (χ0) is 15.4. The highest BCUT2D eigenvalue weighted by molar-refractivity contribution is 5.89. The van der Waals surface area contributed by atoms with E-state index in [2.05, 4.69) is 51.8 Å². The molecule has 0 fully saturated rings. The standard InChI is InChI=1S/C20H21N3/c1-22-10-7-19-18(13-22)17-4-2-3-15-11-16(12-23(19)20(15)17)14-5-8-21-9-6-14/h2-6,8-9,16H,7,10-13H2,1H3. The van der Waals surface area contributed by atoms with Crippen LogP contribution in [-0.4, -0.2) is 28.0 Å². The largest absolute Gasteiger partial charge is 0.343 e. The average molecular weight is 303 g/mol. The van der Waals surface area contributed by atoms with Gasteiger partial charge in [0, 0.05) is 55.4 Å². The van der Waals surface area contributed by atoms with Gasteiger partial charge in [-0.25, -0.2) is 0 Å². The lowest BCUT2D eigenvalue weighted by Gasteiger charge is -2.28. The maximum Gasteiger partial charge on any atom is 0.0518 e. The first kappa shape index (κ1) is 13.3. The third-order valence-corrected chi connectivity index (χ3v) is 5.59. The van der Waals surface area contributed by atoms with Crippen LogP contribution in [-0.2, 0) is 25.9 Å². The molecule has 0 aliphatic carbocycles. The second kappa shape index (κ2) is 4.93. The summed E-state index contributed by atoms with van der Waals surface area (Å²) in [6.45, 7) is 3.36. The summed E-state index contributed by atoms with van der Waals surface area (Å²) in [5.74, 6) is 0.562. The molecule has 0 N–H and O–H groups in total. The second-order valence-corrected chi connectivity index (χ2v) is 7.02. The predicted molar refractivity (Wildman–Crippen MR) is 92.7 cm³/mol. The molecular weight excluding hydrogens is 282 g/mol. The Morgan fingerprint density at radius 1 is 1.13 bits per heavy atom. The number of likely N-dealkylation sites (N-methyl/N-ethyl adjacent to an activating group) is 1. The van der Waals surface area contributed by atoms with Gasteiger partial charge in [0.05, 0.1) is 5.52 Å². The van der Waals surface area contributed by atoms with Crippen molar-refractivity contribution in [3.8, 4) is 0 Å². The molecule has 0 saturated carbocycles. The van der Waals surface area contributed by atoms with E-state index in [0.717, 1.165) is 19.5 Å². The van der Waals surface area contributed by atoms with Crippen molar-refractivity contribution in [1.82, 2.24) is 14.5 Å². The Balaban J connectivity index is 1.69. The predicted octanol–water partition coefficient (Wildman–Crippen LogP) is 3.36. The van der Waals surface area contributed by atoms with Crippen LogP contribution in [0.2, 0.25) is 0 Å². The lowest BCUT2D eigenvalue weighted by molar-refractivity contribution is 0.308. The van der Waals surface area contributed by atoms with E-state index in [9.17, 15) is 0 Å². The van der Waals surface area contributed by atoms with Crippen LogP contribution in [0.4, 0.5) is 0 Å². The molecular formula is C20H21N3. The van der Waals surface area contributed by atoms with Gasteiger partial charge in [-0.3, -0.25) is 4.98 Å². The lowest BCUT2D eigenvalue weighted by Crippen LogP contribution is -2.28. The number of rotatable bonds is 1. The molecule has 0 saturated heterocycles. The zero-order valence-electron chi connectivity index (χ0n) is 13.5. The van der Waals surface area contributed by atoms with Gasteiger partial charge in [-0.15, -0.1) is 0 Å². The van der Waals surface area contributed by atoms with Crippen LogP contribution < -0.4 is 0 Å². The van der Waals surface area contributed by atoms with Crippen molar-refractivity contribution >= 4 is 10.9 Å². The van der Waals surface area contributed by atoms with E-state index in [0.29, 0.717) is 5.92 Å². The fourth-order valence-corrected chi connectivity index (χ4v) is 4.49. The van der Waals surface area contributed by atoms with Crippen molar-refractivity contribution in [3.05, 3.63) is 65.1 Å². The molecule has 1 atom stereocenters. The van der Waals surface area contributed by atoms with Crippen LogP contribution in [0, 0.1) is 0 Å². The summed E-state index contributed by atoms with van der Waals surface area (Å²) in [6, 6.07) is 11.2. The summed E-state index contributed by atoms with van der Waals surface area (Å²) in [6.07, 6.45) is 6.15. The Kier molecular flexibility index (Phi) is 2.86. The third kappa shape index (κ3) is 1.96. The van der Waals surface area contributed by atoms with Crippen molar-refractivity contribution < 1.29 is 0 Å². The number of fused-ring (bicyclic) bond motifs is 3. The molecule has 1 unspecified atom stereocenters. The van der Waals surface area contributed by atoms with Crippen molar-refractivity contribution in [3.63, 3.8) is 0 Å². The Hall–Kier alpha value is -2.13. The molecule has 1 aromatic carbocycles. The van der Waals surface area contributed by atoms with Crippen LogP contribution in [0.25, 0.3) is 10.9 Å². The van der Waals surface area contributed by atoms with Crippen molar-refractivity contribution in [1.29, 1.82) is 0 Å². The summed E-state index contributed by atoms with van der Waals surface area (Å²) in [7, 11) is 2.23. The molecule has 0 radical (unpaired) electrons.